The monoisotopic (exact) mass is 434 g/mol. The average molecular weight is 435 g/mol. The molecule has 3 aromatic carbocycles. The molecule has 3 aromatic rings. The largest absolute Gasteiger partial charge is 0.322 e. The van der Waals surface area contributed by atoms with Crippen molar-refractivity contribution < 1.29 is 13.2 Å². The normalized spacial score (nSPS) is 13.5. The highest BCUT2D eigenvalue weighted by Gasteiger charge is 2.29. The number of nitrogens with zero attached hydrogens (tertiary/aromatic N) is 1. The molecule has 1 N–H and O–H groups in total. The van der Waals surface area contributed by atoms with Gasteiger partial charge in [-0.05, 0) is 73.7 Å². The maximum Gasteiger partial charge on any atom is 0.264 e. The Kier molecular flexibility index (Phi) is 5.83. The quantitative estimate of drug-likeness (QED) is 0.618. The smallest absolute Gasteiger partial charge is 0.264 e. The summed E-state index contributed by atoms with van der Waals surface area (Å²) in [6.45, 7) is 4.41. The summed E-state index contributed by atoms with van der Waals surface area (Å²) in [7, 11) is -3.65. The fourth-order valence-electron chi connectivity index (χ4n) is 3.94. The summed E-state index contributed by atoms with van der Waals surface area (Å²) in [5.41, 5.74) is 4.94. The van der Waals surface area contributed by atoms with Crippen molar-refractivity contribution in [3.05, 3.63) is 89.0 Å². The number of rotatable bonds is 5. The van der Waals surface area contributed by atoms with Crippen LogP contribution in [0.2, 0.25) is 0 Å². The van der Waals surface area contributed by atoms with E-state index in [4.69, 9.17) is 0 Å². The third-order valence-electron chi connectivity index (χ3n) is 5.67. The van der Waals surface area contributed by atoms with E-state index in [9.17, 15) is 13.2 Å². The van der Waals surface area contributed by atoms with Crippen molar-refractivity contribution in [2.24, 2.45) is 0 Å². The second-order valence-corrected chi connectivity index (χ2v) is 9.66. The van der Waals surface area contributed by atoms with Crippen LogP contribution in [0.15, 0.2) is 71.6 Å². The Morgan fingerprint density at radius 2 is 1.77 bits per heavy atom. The van der Waals surface area contributed by atoms with E-state index in [0.29, 0.717) is 24.2 Å². The molecule has 5 nitrogen and oxygen atoms in total. The van der Waals surface area contributed by atoms with Crippen LogP contribution in [-0.4, -0.2) is 20.9 Å². The van der Waals surface area contributed by atoms with Gasteiger partial charge in [0.05, 0.1) is 10.6 Å². The Hall–Kier alpha value is -3.12. The van der Waals surface area contributed by atoms with Crippen LogP contribution >= 0.6 is 0 Å². The lowest BCUT2D eigenvalue weighted by molar-refractivity contribution is 0.102. The first-order valence-corrected chi connectivity index (χ1v) is 12.0. The summed E-state index contributed by atoms with van der Waals surface area (Å²) in [4.78, 5) is 13.1. The Morgan fingerprint density at radius 3 is 2.52 bits per heavy atom. The summed E-state index contributed by atoms with van der Waals surface area (Å²) in [5.74, 6) is -0.192. The molecule has 0 bridgehead atoms. The van der Waals surface area contributed by atoms with Gasteiger partial charge >= 0.3 is 0 Å². The first-order valence-electron chi connectivity index (χ1n) is 10.5. The third kappa shape index (κ3) is 4.21. The second kappa shape index (κ2) is 8.55. The highest BCUT2D eigenvalue weighted by atomic mass is 32.2. The fraction of sp³-hybridized carbons (Fsp3) is 0.240. The van der Waals surface area contributed by atoms with Crippen LogP contribution in [0.4, 0.5) is 11.4 Å². The standard InChI is InChI=1S/C25H26N2O3S/c1-3-19-7-4-5-9-23(19)26-25(28)21-12-15-24-20(17-21)8-6-16-27(24)31(29,30)22-13-10-18(2)11-14-22/h4-5,7,9-15,17H,3,6,8,16H2,1-2H3,(H,26,28). The zero-order chi connectivity index (χ0) is 22.0. The van der Waals surface area contributed by atoms with Crippen LogP contribution in [0, 0.1) is 6.92 Å². The Balaban J connectivity index is 1.63. The van der Waals surface area contributed by atoms with Gasteiger partial charge in [-0.1, -0.05) is 42.8 Å². The molecule has 6 heteroatoms. The lowest BCUT2D eigenvalue weighted by Crippen LogP contribution is -2.35. The molecule has 1 aliphatic rings. The summed E-state index contributed by atoms with van der Waals surface area (Å²) >= 11 is 0. The second-order valence-electron chi connectivity index (χ2n) is 7.80. The van der Waals surface area contributed by atoms with Gasteiger partial charge < -0.3 is 5.32 Å². The Bertz CT molecular complexity index is 1220. The summed E-state index contributed by atoms with van der Waals surface area (Å²) in [5, 5.41) is 2.99. The van der Waals surface area contributed by atoms with E-state index in [-0.39, 0.29) is 10.8 Å². The molecule has 4 rings (SSSR count). The molecule has 0 saturated carbocycles. The number of hydrogen-bond donors (Lipinski definition) is 1. The van der Waals surface area contributed by atoms with Crippen LogP contribution in [0.5, 0.6) is 0 Å². The van der Waals surface area contributed by atoms with Crippen molar-refractivity contribution in [2.75, 3.05) is 16.2 Å². The molecule has 0 unspecified atom stereocenters. The molecule has 0 radical (unpaired) electrons. The molecule has 0 atom stereocenters. The van der Waals surface area contributed by atoms with Gasteiger partial charge in [0.2, 0.25) is 0 Å². The topological polar surface area (TPSA) is 66.5 Å². The predicted molar refractivity (Wildman–Crippen MR) is 124 cm³/mol. The van der Waals surface area contributed by atoms with E-state index in [1.54, 1.807) is 36.4 Å². The number of sulfonamides is 1. The number of benzene rings is 3. The van der Waals surface area contributed by atoms with E-state index in [0.717, 1.165) is 35.2 Å². The van der Waals surface area contributed by atoms with Gasteiger partial charge in [-0.25, -0.2) is 8.42 Å². The van der Waals surface area contributed by atoms with Gasteiger partial charge in [0.1, 0.15) is 0 Å². The molecule has 31 heavy (non-hydrogen) atoms. The van der Waals surface area contributed by atoms with Crippen molar-refractivity contribution in [3.63, 3.8) is 0 Å². The van der Waals surface area contributed by atoms with Crippen molar-refractivity contribution in [1.82, 2.24) is 0 Å². The van der Waals surface area contributed by atoms with E-state index >= 15 is 0 Å². The van der Waals surface area contributed by atoms with Crippen LogP contribution < -0.4 is 9.62 Å². The number of carbonyl (C=O) groups is 1. The number of amides is 1. The van der Waals surface area contributed by atoms with Crippen LogP contribution in [0.3, 0.4) is 0 Å². The third-order valence-corrected chi connectivity index (χ3v) is 7.50. The molecule has 1 heterocycles. The fourth-order valence-corrected chi connectivity index (χ4v) is 5.48. The molecule has 0 fully saturated rings. The number of carbonyl (C=O) groups excluding carboxylic acids is 1. The minimum atomic E-state index is -3.65. The molecule has 1 aliphatic heterocycles. The molecule has 1 amide bonds. The maximum absolute atomic E-state index is 13.2. The molecule has 0 aromatic heterocycles. The van der Waals surface area contributed by atoms with E-state index < -0.39 is 10.0 Å². The highest BCUT2D eigenvalue weighted by Crippen LogP contribution is 2.33. The lowest BCUT2D eigenvalue weighted by Gasteiger charge is -2.30. The van der Waals surface area contributed by atoms with Crippen molar-refractivity contribution in [2.45, 2.75) is 38.0 Å². The lowest BCUT2D eigenvalue weighted by atomic mass is 10.0. The zero-order valence-electron chi connectivity index (χ0n) is 17.8. The first kappa shape index (κ1) is 21.1. The summed E-state index contributed by atoms with van der Waals surface area (Å²) < 4.78 is 27.9. The van der Waals surface area contributed by atoms with Gasteiger partial charge in [-0.15, -0.1) is 0 Å². The summed E-state index contributed by atoms with van der Waals surface area (Å²) in [6, 6.07) is 19.9. The number of anilines is 2. The van der Waals surface area contributed by atoms with Gasteiger partial charge in [-0.3, -0.25) is 9.10 Å². The maximum atomic E-state index is 13.2. The minimum Gasteiger partial charge on any atom is -0.322 e. The predicted octanol–water partition coefficient (Wildman–Crippen LogP) is 4.95. The van der Waals surface area contributed by atoms with Gasteiger partial charge in [-0.2, -0.15) is 0 Å². The van der Waals surface area contributed by atoms with E-state index in [1.807, 2.05) is 44.2 Å². The first-order chi connectivity index (χ1) is 14.9. The van der Waals surface area contributed by atoms with Crippen LogP contribution in [-0.2, 0) is 22.9 Å². The Morgan fingerprint density at radius 1 is 1.03 bits per heavy atom. The number of nitrogens with one attached hydrogen (secondary N) is 1. The van der Waals surface area contributed by atoms with Crippen molar-refractivity contribution in [1.29, 1.82) is 0 Å². The van der Waals surface area contributed by atoms with Gasteiger partial charge in [0.25, 0.3) is 15.9 Å². The Labute approximate surface area is 183 Å². The SMILES string of the molecule is CCc1ccccc1NC(=O)c1ccc2c(c1)CCCN2S(=O)(=O)c1ccc(C)cc1. The van der Waals surface area contributed by atoms with Crippen LogP contribution in [0.25, 0.3) is 0 Å². The molecule has 160 valence electrons. The minimum absolute atomic E-state index is 0.192. The van der Waals surface area contributed by atoms with E-state index in [2.05, 4.69) is 5.32 Å². The van der Waals surface area contributed by atoms with Crippen molar-refractivity contribution in [3.8, 4) is 0 Å². The molecule has 0 aliphatic carbocycles. The number of hydrogen-bond acceptors (Lipinski definition) is 3. The molecule has 0 saturated heterocycles. The average Bonchev–Trinajstić information content (AvgIpc) is 2.79. The van der Waals surface area contributed by atoms with E-state index in [1.165, 1.54) is 4.31 Å². The van der Waals surface area contributed by atoms with Gasteiger partial charge in [0.15, 0.2) is 0 Å². The number of aryl methyl sites for hydroxylation is 3. The van der Waals surface area contributed by atoms with Crippen molar-refractivity contribution >= 4 is 27.3 Å². The molecular formula is C25H26N2O3S. The number of para-hydroxylation sites is 1. The number of fused-ring (bicyclic) bond motifs is 1. The summed E-state index contributed by atoms with van der Waals surface area (Å²) in [6.07, 6.45) is 2.27. The molecular weight excluding hydrogens is 408 g/mol. The highest BCUT2D eigenvalue weighted by molar-refractivity contribution is 7.92. The molecule has 0 spiro atoms. The van der Waals surface area contributed by atoms with Crippen LogP contribution in [0.1, 0.15) is 40.4 Å². The zero-order valence-corrected chi connectivity index (χ0v) is 18.6. The van der Waals surface area contributed by atoms with Gasteiger partial charge in [0, 0.05) is 17.8 Å².